The number of hydrogen-bond acceptors (Lipinski definition) is 5. The average Bonchev–Trinajstić information content (AvgIpc) is 3.03. The number of aliphatic carboxylic acids is 1. The van der Waals surface area contributed by atoms with Gasteiger partial charge in [-0.15, -0.1) is 11.3 Å². The van der Waals surface area contributed by atoms with E-state index in [1.807, 2.05) is 24.3 Å². The van der Waals surface area contributed by atoms with E-state index in [1.165, 1.54) is 17.8 Å². The molecule has 0 amide bonds. The predicted molar refractivity (Wildman–Crippen MR) is 106 cm³/mol. The normalized spacial score (nSPS) is 13.5. The largest absolute Gasteiger partial charge is 0.486 e. The number of carbonyl (C=O) groups is 1. The maximum absolute atomic E-state index is 11.3. The van der Waals surface area contributed by atoms with Crippen LogP contribution in [0, 0.1) is 5.92 Å². The van der Waals surface area contributed by atoms with Gasteiger partial charge in [0, 0.05) is 0 Å². The second kappa shape index (κ2) is 9.82. The summed E-state index contributed by atoms with van der Waals surface area (Å²) in [5.74, 6) is -0.916. The van der Waals surface area contributed by atoms with Gasteiger partial charge in [0.2, 0.25) is 0 Å². The third kappa shape index (κ3) is 5.75. The van der Waals surface area contributed by atoms with Crippen molar-refractivity contribution in [3.8, 4) is 0 Å². The van der Waals surface area contributed by atoms with E-state index >= 15 is 0 Å². The molecule has 2 aromatic rings. The van der Waals surface area contributed by atoms with E-state index in [4.69, 9.17) is 17.0 Å². The Bertz CT molecular complexity index is 681. The van der Waals surface area contributed by atoms with Gasteiger partial charge < -0.3 is 9.84 Å². The van der Waals surface area contributed by atoms with E-state index in [0.29, 0.717) is 17.6 Å². The Kier molecular flexibility index (Phi) is 7.78. The van der Waals surface area contributed by atoms with Crippen LogP contribution in [0.25, 0.3) is 10.2 Å². The third-order valence-corrected chi connectivity index (χ3v) is 5.83. The Balaban J connectivity index is 2.10. The molecule has 0 aliphatic carbocycles. The molecule has 1 heterocycles. The van der Waals surface area contributed by atoms with Crippen molar-refractivity contribution in [2.24, 2.45) is 5.92 Å². The second-order valence-electron chi connectivity index (χ2n) is 6.22. The van der Waals surface area contributed by atoms with E-state index in [9.17, 15) is 9.90 Å². The van der Waals surface area contributed by atoms with Crippen LogP contribution in [0.5, 0.6) is 0 Å². The van der Waals surface area contributed by atoms with Gasteiger partial charge in [-0.3, -0.25) is 4.79 Å². The Hall–Kier alpha value is -1.53. The fraction of sp³-hybridized carbons (Fsp3) is 0.526. The molecule has 6 heteroatoms. The highest BCUT2D eigenvalue weighted by molar-refractivity contribution is 7.80. The molecule has 0 aliphatic heterocycles. The zero-order chi connectivity index (χ0) is 18.2. The minimum atomic E-state index is -0.895. The van der Waals surface area contributed by atoms with E-state index in [2.05, 4.69) is 18.8 Å². The molecule has 2 unspecified atom stereocenters. The molecule has 1 aromatic carbocycles. The van der Waals surface area contributed by atoms with Crippen LogP contribution in [0.2, 0.25) is 0 Å². The van der Waals surface area contributed by atoms with Gasteiger partial charge in [-0.2, -0.15) is 0 Å². The molecule has 2 rings (SSSR count). The molecule has 0 saturated carbocycles. The topological polar surface area (TPSA) is 59.4 Å². The van der Waals surface area contributed by atoms with Crippen LogP contribution in [0.4, 0.5) is 0 Å². The monoisotopic (exact) mass is 379 g/mol. The fourth-order valence-electron chi connectivity index (χ4n) is 2.68. The molecule has 0 bridgehead atoms. The van der Waals surface area contributed by atoms with Gasteiger partial charge >= 0.3 is 5.97 Å². The van der Waals surface area contributed by atoms with Crippen molar-refractivity contribution in [2.45, 2.75) is 51.9 Å². The fourth-order valence-corrected chi connectivity index (χ4v) is 4.09. The number of nitrogens with zero attached hydrogens (tertiary/aromatic N) is 1. The summed E-state index contributed by atoms with van der Waals surface area (Å²) in [6, 6.07) is 7.78. The number of thiocarbonyl (C=S) groups is 1. The summed E-state index contributed by atoms with van der Waals surface area (Å²) in [5.41, 5.74) is 0.870. The van der Waals surface area contributed by atoms with Gasteiger partial charge in [-0.25, -0.2) is 4.98 Å². The number of rotatable bonds is 10. The maximum atomic E-state index is 11.3. The van der Waals surface area contributed by atoms with E-state index in [1.54, 1.807) is 0 Å². The molecule has 0 aliphatic rings. The summed E-state index contributed by atoms with van der Waals surface area (Å²) in [4.78, 5) is 15.9. The van der Waals surface area contributed by atoms with Crippen molar-refractivity contribution in [3.05, 3.63) is 29.3 Å². The van der Waals surface area contributed by atoms with Crippen LogP contribution in [-0.4, -0.2) is 27.7 Å². The summed E-state index contributed by atoms with van der Waals surface area (Å²) in [7, 11) is 0. The van der Waals surface area contributed by atoms with Crippen LogP contribution in [0.15, 0.2) is 24.3 Å². The lowest BCUT2D eigenvalue weighted by Gasteiger charge is -2.19. The van der Waals surface area contributed by atoms with Crippen molar-refractivity contribution in [3.63, 3.8) is 0 Å². The SMILES string of the molecule is CCCCC(CC)COC(=S)C(CC(=O)O)c1nc2ccccc2s1. The number of para-hydroxylation sites is 1. The summed E-state index contributed by atoms with van der Waals surface area (Å²) in [6.45, 7) is 4.87. The third-order valence-electron chi connectivity index (χ3n) is 4.28. The first-order valence-corrected chi connectivity index (χ1v) is 10.0. The number of hydrogen-bond donors (Lipinski definition) is 1. The lowest BCUT2D eigenvalue weighted by atomic mass is 10.0. The van der Waals surface area contributed by atoms with E-state index in [0.717, 1.165) is 34.5 Å². The number of unbranched alkanes of at least 4 members (excludes halogenated alkanes) is 1. The smallest absolute Gasteiger partial charge is 0.304 e. The quantitative estimate of drug-likeness (QED) is 0.559. The van der Waals surface area contributed by atoms with Crippen molar-refractivity contribution in [1.29, 1.82) is 0 Å². The average molecular weight is 380 g/mol. The van der Waals surface area contributed by atoms with Crippen molar-refractivity contribution >= 4 is 44.8 Å². The van der Waals surface area contributed by atoms with Gasteiger partial charge in [0.05, 0.1) is 29.2 Å². The summed E-state index contributed by atoms with van der Waals surface area (Å²) in [5, 5.41) is 10.3. The Morgan fingerprint density at radius 2 is 2.12 bits per heavy atom. The molecule has 4 nitrogen and oxygen atoms in total. The van der Waals surface area contributed by atoms with Gasteiger partial charge in [-0.05, 0) is 36.7 Å². The number of fused-ring (bicyclic) bond motifs is 1. The molecular formula is C19H25NO3S2. The van der Waals surface area contributed by atoms with Crippen molar-refractivity contribution < 1.29 is 14.6 Å². The number of carboxylic acids is 1. The van der Waals surface area contributed by atoms with Gasteiger partial charge in [-0.1, -0.05) is 45.2 Å². The van der Waals surface area contributed by atoms with Gasteiger partial charge in [0.25, 0.3) is 0 Å². The summed E-state index contributed by atoms with van der Waals surface area (Å²) in [6.07, 6.45) is 4.39. The first-order valence-electron chi connectivity index (χ1n) is 8.79. The molecule has 0 spiro atoms. The highest BCUT2D eigenvalue weighted by atomic mass is 32.1. The van der Waals surface area contributed by atoms with Gasteiger partial charge in [0.15, 0.2) is 5.05 Å². The van der Waals surface area contributed by atoms with Gasteiger partial charge in [0.1, 0.15) is 5.01 Å². The molecule has 0 fully saturated rings. The maximum Gasteiger partial charge on any atom is 0.304 e. The molecule has 25 heavy (non-hydrogen) atoms. The van der Waals surface area contributed by atoms with E-state index in [-0.39, 0.29) is 6.42 Å². The number of aromatic nitrogens is 1. The van der Waals surface area contributed by atoms with Crippen LogP contribution < -0.4 is 0 Å². The molecule has 1 aromatic heterocycles. The zero-order valence-electron chi connectivity index (χ0n) is 14.7. The van der Waals surface area contributed by atoms with E-state index < -0.39 is 11.9 Å². The second-order valence-corrected chi connectivity index (χ2v) is 7.68. The van der Waals surface area contributed by atoms with Crippen molar-refractivity contribution in [2.75, 3.05) is 6.61 Å². The number of ether oxygens (including phenoxy) is 1. The Morgan fingerprint density at radius 1 is 1.36 bits per heavy atom. The van der Waals surface area contributed by atoms with Crippen LogP contribution in [0.1, 0.15) is 56.9 Å². The first kappa shape index (κ1) is 19.8. The number of carboxylic acid groups (broad SMARTS) is 1. The Labute approximate surface area is 158 Å². The molecule has 0 saturated heterocycles. The highest BCUT2D eigenvalue weighted by Crippen LogP contribution is 2.31. The molecule has 136 valence electrons. The van der Waals surface area contributed by atoms with Crippen molar-refractivity contribution in [1.82, 2.24) is 4.98 Å². The summed E-state index contributed by atoms with van der Waals surface area (Å²) >= 11 is 6.93. The lowest BCUT2D eigenvalue weighted by molar-refractivity contribution is -0.137. The molecule has 2 atom stereocenters. The number of thiazole rings is 1. The van der Waals surface area contributed by atoms with Crippen LogP contribution in [0.3, 0.4) is 0 Å². The number of benzene rings is 1. The zero-order valence-corrected chi connectivity index (χ0v) is 16.4. The summed E-state index contributed by atoms with van der Waals surface area (Å²) < 4.78 is 6.87. The predicted octanol–water partition coefficient (Wildman–Crippen LogP) is 5.42. The molecular weight excluding hydrogens is 354 g/mol. The first-order chi connectivity index (χ1) is 12.0. The standard InChI is InChI=1S/C19H25NO3S2/c1-3-5-8-13(4-2)12-23-19(24)14(11-17(21)22)18-20-15-9-6-7-10-16(15)25-18/h6-7,9-10,13-14H,3-5,8,11-12H2,1-2H3,(H,21,22). The van der Waals surface area contributed by atoms with Crippen LogP contribution >= 0.6 is 23.6 Å². The molecule has 1 N–H and O–H groups in total. The lowest BCUT2D eigenvalue weighted by Crippen LogP contribution is -2.20. The molecule has 0 radical (unpaired) electrons. The minimum Gasteiger partial charge on any atom is -0.486 e. The Morgan fingerprint density at radius 3 is 2.76 bits per heavy atom. The highest BCUT2D eigenvalue weighted by Gasteiger charge is 2.26. The van der Waals surface area contributed by atoms with Crippen LogP contribution in [-0.2, 0) is 9.53 Å². The minimum absolute atomic E-state index is 0.0929.